The molecule has 0 radical (unpaired) electrons. The first-order chi connectivity index (χ1) is 19.9. The summed E-state index contributed by atoms with van der Waals surface area (Å²) in [7, 11) is 4.34. The van der Waals surface area contributed by atoms with Crippen LogP contribution in [0.4, 0.5) is 23.0 Å². The normalized spacial score (nSPS) is 27.5. The average Bonchev–Trinajstić information content (AvgIpc) is 3.65. The van der Waals surface area contributed by atoms with Crippen LogP contribution in [0.25, 0.3) is 27.5 Å². The number of hydrogen-bond acceptors (Lipinski definition) is 7. The largest absolute Gasteiger partial charge is 0.454 e. The molecule has 2 aromatic heterocycles. The second kappa shape index (κ2) is 7.29. The Balaban J connectivity index is 1.42. The van der Waals surface area contributed by atoms with E-state index in [2.05, 4.69) is 115 Å². The molecule has 0 N–H and O–H groups in total. The zero-order chi connectivity index (χ0) is 27.8. The third-order valence-electron chi connectivity index (χ3n) is 10.5. The van der Waals surface area contributed by atoms with Crippen LogP contribution in [0.15, 0.2) is 96.5 Å². The number of rotatable bonds is 0. The van der Waals surface area contributed by atoms with Crippen molar-refractivity contribution in [1.82, 2.24) is 14.9 Å². The fourth-order valence-corrected chi connectivity index (χ4v) is 8.59. The van der Waals surface area contributed by atoms with Crippen LogP contribution in [-0.2, 0) is 5.41 Å². The summed E-state index contributed by atoms with van der Waals surface area (Å²) in [5.41, 5.74) is 6.58. The van der Waals surface area contributed by atoms with E-state index in [-0.39, 0.29) is 12.3 Å². The molecule has 7 nitrogen and oxygen atoms in total. The molecule has 9 rings (SSSR count). The van der Waals surface area contributed by atoms with Crippen LogP contribution >= 0.6 is 0 Å². The molecule has 0 amide bonds. The van der Waals surface area contributed by atoms with E-state index in [1.165, 1.54) is 5.56 Å². The molecule has 4 unspecified atom stereocenters. The molecule has 7 heteroatoms. The summed E-state index contributed by atoms with van der Waals surface area (Å²) in [6.07, 6.45) is 7.86. The maximum absolute atomic E-state index is 6.67. The molecule has 0 fully saturated rings. The van der Waals surface area contributed by atoms with Crippen molar-refractivity contribution in [3.63, 3.8) is 0 Å². The Morgan fingerprint density at radius 1 is 0.829 bits per heavy atom. The monoisotopic (exact) mass is 538 g/mol. The maximum atomic E-state index is 6.67. The van der Waals surface area contributed by atoms with Gasteiger partial charge in [-0.1, -0.05) is 62.9 Å². The van der Waals surface area contributed by atoms with E-state index in [4.69, 9.17) is 21.0 Å². The minimum atomic E-state index is -0.463. The molecule has 5 aromatic rings. The summed E-state index contributed by atoms with van der Waals surface area (Å²) < 4.78 is 6.67. The van der Waals surface area contributed by atoms with Crippen LogP contribution in [0.1, 0.15) is 25.0 Å². The zero-order valence-electron chi connectivity index (χ0n) is 23.5. The topological polar surface area (TPSA) is 51.9 Å². The first-order valence-electron chi connectivity index (χ1n) is 14.1. The highest BCUT2D eigenvalue weighted by Gasteiger charge is 2.69. The summed E-state index contributed by atoms with van der Waals surface area (Å²) in [4.78, 5) is 19.2. The second-order valence-corrected chi connectivity index (χ2v) is 12.1. The van der Waals surface area contributed by atoms with Gasteiger partial charge in [0.2, 0.25) is 0 Å². The van der Waals surface area contributed by atoms with Crippen LogP contribution in [0.3, 0.4) is 0 Å². The minimum Gasteiger partial charge on any atom is -0.454 e. The predicted molar refractivity (Wildman–Crippen MR) is 164 cm³/mol. The van der Waals surface area contributed by atoms with Crippen molar-refractivity contribution in [2.24, 2.45) is 5.41 Å². The van der Waals surface area contributed by atoms with Gasteiger partial charge in [0.05, 0.1) is 11.1 Å². The number of fused-ring (bicyclic) bond motifs is 16. The van der Waals surface area contributed by atoms with E-state index in [0.717, 1.165) is 56.1 Å². The number of allylic oxidation sites excluding steroid dienone is 1. The molecule has 3 aromatic carbocycles. The van der Waals surface area contributed by atoms with Gasteiger partial charge in [0, 0.05) is 66.3 Å². The van der Waals surface area contributed by atoms with Gasteiger partial charge in [-0.3, -0.25) is 0 Å². The lowest BCUT2D eigenvalue weighted by Crippen LogP contribution is -2.70. The number of para-hydroxylation sites is 2. The van der Waals surface area contributed by atoms with Crippen LogP contribution < -0.4 is 14.7 Å². The fourth-order valence-electron chi connectivity index (χ4n) is 8.59. The summed E-state index contributed by atoms with van der Waals surface area (Å²) in [6.45, 7) is 9.76. The molecular weight excluding hydrogens is 508 g/mol. The molecule has 202 valence electrons. The fraction of sp³-hybridized carbons (Fsp3) is 0.235. The summed E-state index contributed by atoms with van der Waals surface area (Å²) in [5, 5.41) is 2.25. The van der Waals surface area contributed by atoms with Crippen molar-refractivity contribution in [1.29, 1.82) is 0 Å². The van der Waals surface area contributed by atoms with Crippen LogP contribution in [0.5, 0.6) is 0 Å². The first kappa shape index (κ1) is 23.0. The van der Waals surface area contributed by atoms with E-state index in [0.29, 0.717) is 0 Å². The van der Waals surface area contributed by atoms with Gasteiger partial charge in [-0.15, -0.1) is 0 Å². The average molecular weight is 539 g/mol. The van der Waals surface area contributed by atoms with Gasteiger partial charge >= 0.3 is 0 Å². The van der Waals surface area contributed by atoms with Crippen LogP contribution in [-0.4, -0.2) is 41.3 Å². The van der Waals surface area contributed by atoms with Crippen LogP contribution in [0.2, 0.25) is 0 Å². The minimum absolute atomic E-state index is 0.0538. The van der Waals surface area contributed by atoms with E-state index >= 15 is 0 Å². The van der Waals surface area contributed by atoms with Gasteiger partial charge in [-0.25, -0.2) is 9.97 Å². The number of hydrogen-bond donors (Lipinski definition) is 0. The van der Waals surface area contributed by atoms with Gasteiger partial charge in [-0.2, -0.15) is 0 Å². The van der Waals surface area contributed by atoms with Crippen molar-refractivity contribution >= 4 is 50.5 Å². The lowest BCUT2D eigenvalue weighted by atomic mass is 9.52. The van der Waals surface area contributed by atoms with Gasteiger partial charge in [0.25, 0.3) is 0 Å². The highest BCUT2D eigenvalue weighted by Crippen LogP contribution is 2.68. The van der Waals surface area contributed by atoms with Crippen molar-refractivity contribution in [3.8, 4) is 0 Å². The maximum Gasteiger partial charge on any atom is 0.178 e. The Labute approximate surface area is 238 Å². The lowest BCUT2D eigenvalue weighted by molar-refractivity contribution is 0.0565. The molecule has 0 saturated carbocycles. The Kier molecular flexibility index (Phi) is 4.08. The van der Waals surface area contributed by atoms with E-state index < -0.39 is 10.8 Å². The Morgan fingerprint density at radius 2 is 1.59 bits per heavy atom. The number of benzene rings is 3. The molecule has 6 heterocycles. The zero-order valence-corrected chi connectivity index (χ0v) is 23.5. The van der Waals surface area contributed by atoms with Gasteiger partial charge < -0.3 is 24.0 Å². The Bertz CT molecular complexity index is 1990. The first-order valence-corrected chi connectivity index (χ1v) is 14.1. The predicted octanol–water partition coefficient (Wildman–Crippen LogP) is 6.84. The SMILES string of the molecule is C=C1c2ccc3c(oc4ccccc43)c2N2C=CN(C)C2C2(C)C3N(C)c4nccnc4N3c3ccccc3C12C. The summed E-state index contributed by atoms with van der Waals surface area (Å²) >= 11 is 0. The molecule has 41 heavy (non-hydrogen) atoms. The van der Waals surface area contributed by atoms with Crippen LogP contribution in [0, 0.1) is 5.41 Å². The highest BCUT2D eigenvalue weighted by atomic mass is 16.3. The second-order valence-electron chi connectivity index (χ2n) is 12.1. The standard InChI is InChI=1S/C34H30N6O/c1-20-21-14-15-23-22-10-6-9-13-26(22)41-28(23)27(21)39-19-18-37(4)31(39)34(3)32-38(5)29-30(36-17-16-35-29)40(32)25-12-8-7-11-24(25)33(20,34)2/h6-19,31-32H,1H2,2-5H3. The smallest absolute Gasteiger partial charge is 0.178 e. The van der Waals surface area contributed by atoms with Crippen molar-refractivity contribution < 1.29 is 4.42 Å². The van der Waals surface area contributed by atoms with Gasteiger partial charge in [0.15, 0.2) is 17.2 Å². The molecule has 0 saturated heterocycles. The van der Waals surface area contributed by atoms with Crippen molar-refractivity contribution in [2.75, 3.05) is 28.8 Å². The summed E-state index contributed by atoms with van der Waals surface area (Å²) in [5.74, 6) is 1.79. The third-order valence-corrected chi connectivity index (χ3v) is 10.5. The molecule has 0 aliphatic carbocycles. The van der Waals surface area contributed by atoms with Gasteiger partial charge in [-0.05, 0) is 29.3 Å². The van der Waals surface area contributed by atoms with E-state index in [1.54, 1.807) is 12.4 Å². The molecule has 0 bridgehead atoms. The quantitative estimate of drug-likeness (QED) is 0.214. The number of anilines is 4. The number of aromatic nitrogens is 2. The third kappa shape index (κ3) is 2.40. The van der Waals surface area contributed by atoms with E-state index in [9.17, 15) is 0 Å². The molecule has 0 spiro atoms. The van der Waals surface area contributed by atoms with Gasteiger partial charge in [0.1, 0.15) is 17.9 Å². The Morgan fingerprint density at radius 3 is 2.44 bits per heavy atom. The van der Waals surface area contributed by atoms with Crippen molar-refractivity contribution in [3.05, 3.63) is 103 Å². The van der Waals surface area contributed by atoms with Crippen molar-refractivity contribution in [2.45, 2.75) is 31.6 Å². The molecule has 4 atom stereocenters. The summed E-state index contributed by atoms with van der Waals surface area (Å²) in [6, 6.07) is 21.5. The van der Waals surface area contributed by atoms with E-state index in [1.807, 2.05) is 6.07 Å². The lowest BCUT2D eigenvalue weighted by Gasteiger charge is -2.61. The molecule has 4 aliphatic rings. The molecular formula is C34H30N6O. The molecule has 4 aliphatic heterocycles. The Hall–Kier alpha value is -4.78. The highest BCUT2D eigenvalue weighted by molar-refractivity contribution is 6.12. The number of nitrogens with zero attached hydrogens (tertiary/aromatic N) is 6. The number of furan rings is 1.